The molecule has 0 aromatic rings. The van der Waals surface area contributed by atoms with Crippen molar-refractivity contribution in [2.75, 3.05) is 13.2 Å². The van der Waals surface area contributed by atoms with E-state index in [0.29, 0.717) is 5.41 Å². The second kappa shape index (κ2) is 9.11. The van der Waals surface area contributed by atoms with Crippen LogP contribution in [0.4, 0.5) is 0 Å². The molecule has 2 heteroatoms. The molecule has 2 nitrogen and oxygen atoms in total. The maximum absolute atomic E-state index is 6.05. The van der Waals surface area contributed by atoms with E-state index in [1.807, 2.05) is 0 Å². The highest BCUT2D eigenvalue weighted by Crippen LogP contribution is 2.37. The van der Waals surface area contributed by atoms with Crippen LogP contribution in [0.15, 0.2) is 0 Å². The number of rotatable bonds is 7. The van der Waals surface area contributed by atoms with Crippen LogP contribution in [0, 0.1) is 33.5 Å². The van der Waals surface area contributed by atoms with Crippen molar-refractivity contribution in [1.29, 1.82) is 0 Å². The van der Waals surface area contributed by atoms with E-state index in [9.17, 15) is 0 Å². The third-order valence-electron chi connectivity index (χ3n) is 4.72. The van der Waals surface area contributed by atoms with Crippen LogP contribution in [-0.2, 0) is 9.47 Å². The quantitative estimate of drug-likeness (QED) is 0.461. The number of hydrogen-bond donors (Lipinski definition) is 0. The van der Waals surface area contributed by atoms with Crippen LogP contribution in [0.25, 0.3) is 0 Å². The summed E-state index contributed by atoms with van der Waals surface area (Å²) in [5.74, 6) is 7.04. The van der Waals surface area contributed by atoms with E-state index in [2.05, 4.69) is 74.2 Å². The van der Waals surface area contributed by atoms with Crippen molar-refractivity contribution in [3.63, 3.8) is 0 Å². The van der Waals surface area contributed by atoms with Gasteiger partial charge in [-0.25, -0.2) is 0 Å². The van der Waals surface area contributed by atoms with E-state index < -0.39 is 0 Å². The molecule has 152 valence electrons. The van der Waals surface area contributed by atoms with Gasteiger partial charge in [0.15, 0.2) is 6.29 Å². The van der Waals surface area contributed by atoms with E-state index in [-0.39, 0.29) is 22.5 Å². The molecule has 0 saturated carbocycles. The topological polar surface area (TPSA) is 18.5 Å². The summed E-state index contributed by atoms with van der Waals surface area (Å²) in [5.41, 5.74) is 0.706. The lowest BCUT2D eigenvalue weighted by Crippen LogP contribution is -2.31. The largest absolute Gasteiger partial charge is 0.353 e. The lowest BCUT2D eigenvalue weighted by molar-refractivity contribution is -0.178. The molecule has 1 fully saturated rings. The summed E-state index contributed by atoms with van der Waals surface area (Å²) < 4.78 is 11.7. The molecular weight excluding hydrogens is 320 g/mol. The average molecular weight is 365 g/mol. The predicted octanol–water partition coefficient (Wildman–Crippen LogP) is 6.83. The summed E-state index contributed by atoms with van der Waals surface area (Å²) in [7, 11) is 0. The first-order valence-corrected chi connectivity index (χ1v) is 10.4. The Morgan fingerprint density at radius 3 is 2.08 bits per heavy atom. The molecule has 1 heterocycles. The van der Waals surface area contributed by atoms with Gasteiger partial charge in [-0.05, 0) is 62.2 Å². The Morgan fingerprint density at radius 2 is 1.54 bits per heavy atom. The summed E-state index contributed by atoms with van der Waals surface area (Å²) in [6.07, 6.45) is 6.58. The molecule has 0 aromatic carbocycles. The lowest BCUT2D eigenvalue weighted by Gasteiger charge is -2.35. The Balaban J connectivity index is 2.52. The van der Waals surface area contributed by atoms with Crippen molar-refractivity contribution >= 4 is 0 Å². The first-order chi connectivity index (χ1) is 11.7. The van der Waals surface area contributed by atoms with Gasteiger partial charge in [0.25, 0.3) is 0 Å². The van der Waals surface area contributed by atoms with E-state index in [4.69, 9.17) is 9.47 Å². The zero-order chi connectivity index (χ0) is 20.1. The predicted molar refractivity (Wildman–Crippen MR) is 112 cm³/mol. The zero-order valence-corrected chi connectivity index (χ0v) is 19.1. The van der Waals surface area contributed by atoms with Gasteiger partial charge in [0.05, 0.1) is 6.61 Å². The van der Waals surface area contributed by atoms with E-state index in [1.54, 1.807) is 0 Å². The van der Waals surface area contributed by atoms with E-state index in [1.165, 1.54) is 12.8 Å². The summed E-state index contributed by atoms with van der Waals surface area (Å²) in [6.45, 7) is 22.3. The maximum Gasteiger partial charge on any atom is 0.157 e. The molecule has 0 bridgehead atoms. The molecular formula is C24H44O2. The first-order valence-electron chi connectivity index (χ1n) is 10.4. The lowest BCUT2D eigenvalue weighted by atomic mass is 9.73. The van der Waals surface area contributed by atoms with Crippen molar-refractivity contribution in [2.45, 2.75) is 107 Å². The van der Waals surface area contributed by atoms with Crippen molar-refractivity contribution in [1.82, 2.24) is 0 Å². The molecule has 0 radical (unpaired) electrons. The molecule has 1 atom stereocenters. The van der Waals surface area contributed by atoms with Crippen LogP contribution < -0.4 is 0 Å². The summed E-state index contributed by atoms with van der Waals surface area (Å²) in [6, 6.07) is 0. The monoisotopic (exact) mass is 364 g/mol. The Hall–Kier alpha value is -0.520. The van der Waals surface area contributed by atoms with Crippen LogP contribution in [-0.4, -0.2) is 19.5 Å². The SMILES string of the molecule is CC(C)(C)CC(C)(C)C#CCC(C)(C)CC(C)(C)COC1CCCCO1. The van der Waals surface area contributed by atoms with Gasteiger partial charge < -0.3 is 9.47 Å². The van der Waals surface area contributed by atoms with Gasteiger partial charge in [0.1, 0.15) is 0 Å². The van der Waals surface area contributed by atoms with Gasteiger partial charge in [-0.15, -0.1) is 5.92 Å². The highest BCUT2D eigenvalue weighted by molar-refractivity contribution is 5.11. The van der Waals surface area contributed by atoms with Gasteiger partial charge in [-0.2, -0.15) is 0 Å². The van der Waals surface area contributed by atoms with Crippen molar-refractivity contribution in [3.05, 3.63) is 0 Å². The average Bonchev–Trinajstić information content (AvgIpc) is 2.42. The van der Waals surface area contributed by atoms with Crippen LogP contribution in [0.3, 0.4) is 0 Å². The fourth-order valence-corrected chi connectivity index (χ4v) is 4.46. The molecule has 0 aromatic heterocycles. The maximum atomic E-state index is 6.05. The van der Waals surface area contributed by atoms with Crippen LogP contribution >= 0.6 is 0 Å². The highest BCUT2D eigenvalue weighted by Gasteiger charge is 2.30. The smallest absolute Gasteiger partial charge is 0.157 e. The van der Waals surface area contributed by atoms with Gasteiger partial charge in [0.2, 0.25) is 0 Å². The number of ether oxygens (including phenoxy) is 2. The summed E-state index contributed by atoms with van der Waals surface area (Å²) in [4.78, 5) is 0. The third-order valence-corrected chi connectivity index (χ3v) is 4.72. The summed E-state index contributed by atoms with van der Waals surface area (Å²) in [5, 5.41) is 0. The zero-order valence-electron chi connectivity index (χ0n) is 19.1. The summed E-state index contributed by atoms with van der Waals surface area (Å²) >= 11 is 0. The normalized spacial score (nSPS) is 19.8. The molecule has 1 saturated heterocycles. The van der Waals surface area contributed by atoms with Gasteiger partial charge >= 0.3 is 0 Å². The van der Waals surface area contributed by atoms with Crippen LogP contribution in [0.5, 0.6) is 0 Å². The molecule has 26 heavy (non-hydrogen) atoms. The second-order valence-electron chi connectivity index (χ2n) is 11.7. The molecule has 1 aliphatic heterocycles. The van der Waals surface area contributed by atoms with Gasteiger partial charge in [0, 0.05) is 18.4 Å². The molecule has 1 rings (SSSR count). The number of hydrogen-bond acceptors (Lipinski definition) is 2. The molecule has 1 aliphatic rings. The van der Waals surface area contributed by atoms with Crippen molar-refractivity contribution in [2.24, 2.45) is 21.7 Å². The Morgan fingerprint density at radius 1 is 0.885 bits per heavy atom. The minimum absolute atomic E-state index is 0.00382. The van der Waals surface area contributed by atoms with Crippen LogP contribution in [0.2, 0.25) is 0 Å². The van der Waals surface area contributed by atoms with Crippen molar-refractivity contribution < 1.29 is 9.47 Å². The Bertz CT molecular complexity index is 477. The molecule has 0 spiro atoms. The first kappa shape index (κ1) is 23.5. The van der Waals surface area contributed by atoms with Gasteiger partial charge in [-0.1, -0.05) is 54.4 Å². The highest BCUT2D eigenvalue weighted by atomic mass is 16.7. The van der Waals surface area contributed by atoms with E-state index >= 15 is 0 Å². The van der Waals surface area contributed by atoms with Crippen LogP contribution in [0.1, 0.15) is 101 Å². The molecule has 0 amide bonds. The fraction of sp³-hybridized carbons (Fsp3) is 0.917. The van der Waals surface area contributed by atoms with Gasteiger partial charge in [-0.3, -0.25) is 0 Å². The fourth-order valence-electron chi connectivity index (χ4n) is 4.46. The Kier molecular flexibility index (Phi) is 8.24. The van der Waals surface area contributed by atoms with Crippen molar-refractivity contribution in [3.8, 4) is 11.8 Å². The third kappa shape index (κ3) is 10.6. The molecule has 0 aliphatic carbocycles. The molecule has 1 unspecified atom stereocenters. The second-order valence-corrected chi connectivity index (χ2v) is 11.7. The minimum Gasteiger partial charge on any atom is -0.353 e. The standard InChI is InChI=1S/C24H44O2/c1-21(2,3)17-22(4,5)14-12-15-23(6,7)18-24(8,9)19-26-20-13-10-11-16-25-20/h20H,10-11,13,15-19H2,1-9H3. The Labute approximate surface area is 163 Å². The van der Waals surface area contributed by atoms with E-state index in [0.717, 1.165) is 38.9 Å². The minimum atomic E-state index is 0.00382. The molecule has 0 N–H and O–H groups in total.